The summed E-state index contributed by atoms with van der Waals surface area (Å²) >= 11 is 0. The highest BCUT2D eigenvalue weighted by Gasteiger charge is 2.17. The van der Waals surface area contributed by atoms with E-state index in [9.17, 15) is 4.79 Å². The van der Waals surface area contributed by atoms with Gasteiger partial charge in [-0.25, -0.2) is 4.79 Å². The molecule has 0 N–H and O–H groups in total. The molecule has 0 radical (unpaired) electrons. The molecule has 1 amide bonds. The lowest BCUT2D eigenvalue weighted by molar-refractivity contribution is 0.0268. The predicted octanol–water partition coefficient (Wildman–Crippen LogP) is 2.82. The fourth-order valence-electron chi connectivity index (χ4n) is 1.88. The Hall–Kier alpha value is -0.770. The Balaban J connectivity index is 1.92. The minimum absolute atomic E-state index is 0.179. The summed E-state index contributed by atoms with van der Waals surface area (Å²) < 4.78 is 10.4. The van der Waals surface area contributed by atoms with Crippen molar-refractivity contribution < 1.29 is 14.3 Å². The van der Waals surface area contributed by atoms with Crippen LogP contribution in [0.15, 0.2) is 0 Å². The fourth-order valence-corrected chi connectivity index (χ4v) is 1.88. The van der Waals surface area contributed by atoms with Gasteiger partial charge in [-0.3, -0.25) is 0 Å². The first-order valence-corrected chi connectivity index (χ1v) is 6.84. The molecule has 1 fully saturated rings. The van der Waals surface area contributed by atoms with Gasteiger partial charge < -0.3 is 14.4 Å². The number of unbranched alkanes of at least 4 members (excludes halogenated alkanes) is 5. The number of ether oxygens (including phenoxy) is 2. The molecule has 0 bridgehead atoms. The Morgan fingerprint density at radius 1 is 1.12 bits per heavy atom. The Labute approximate surface area is 104 Å². The molecule has 1 rings (SSSR count). The van der Waals surface area contributed by atoms with Crippen LogP contribution < -0.4 is 0 Å². The molecular formula is C13H25NO3. The van der Waals surface area contributed by atoms with Gasteiger partial charge >= 0.3 is 6.09 Å². The number of nitrogens with zero attached hydrogens (tertiary/aromatic N) is 1. The van der Waals surface area contributed by atoms with Crippen LogP contribution in [0.1, 0.15) is 45.4 Å². The summed E-state index contributed by atoms with van der Waals surface area (Å²) in [5, 5.41) is 0. The molecule has 1 aliphatic rings. The fraction of sp³-hybridized carbons (Fsp3) is 0.923. The quantitative estimate of drug-likeness (QED) is 0.645. The summed E-state index contributed by atoms with van der Waals surface area (Å²) in [7, 11) is 0. The normalized spacial score (nSPS) is 15.9. The van der Waals surface area contributed by atoms with E-state index in [2.05, 4.69) is 6.92 Å². The smallest absolute Gasteiger partial charge is 0.409 e. The zero-order valence-electron chi connectivity index (χ0n) is 11.0. The monoisotopic (exact) mass is 243 g/mol. The van der Waals surface area contributed by atoms with Crippen LogP contribution in [0.5, 0.6) is 0 Å². The van der Waals surface area contributed by atoms with E-state index in [-0.39, 0.29) is 6.09 Å². The number of hydrogen-bond acceptors (Lipinski definition) is 3. The van der Waals surface area contributed by atoms with Crippen molar-refractivity contribution in [2.24, 2.45) is 0 Å². The molecule has 0 aromatic carbocycles. The molecule has 0 atom stereocenters. The minimum Gasteiger partial charge on any atom is -0.449 e. The van der Waals surface area contributed by atoms with E-state index in [1.165, 1.54) is 25.7 Å². The second-order valence-corrected chi connectivity index (χ2v) is 4.48. The van der Waals surface area contributed by atoms with Gasteiger partial charge in [-0.15, -0.1) is 0 Å². The van der Waals surface area contributed by atoms with Crippen LogP contribution >= 0.6 is 0 Å². The van der Waals surface area contributed by atoms with Gasteiger partial charge in [0.1, 0.15) is 0 Å². The third kappa shape index (κ3) is 6.51. The van der Waals surface area contributed by atoms with Crippen molar-refractivity contribution in [2.75, 3.05) is 32.9 Å². The van der Waals surface area contributed by atoms with E-state index in [1.54, 1.807) is 4.90 Å². The van der Waals surface area contributed by atoms with Gasteiger partial charge in [-0.2, -0.15) is 0 Å². The average Bonchev–Trinajstić information content (AvgIpc) is 2.38. The summed E-state index contributed by atoms with van der Waals surface area (Å²) in [6, 6.07) is 0. The van der Waals surface area contributed by atoms with Crippen LogP contribution in [-0.2, 0) is 9.47 Å². The summed E-state index contributed by atoms with van der Waals surface area (Å²) in [6.45, 7) is 5.36. The molecule has 4 heteroatoms. The Morgan fingerprint density at radius 2 is 1.76 bits per heavy atom. The van der Waals surface area contributed by atoms with Gasteiger partial charge in [0.15, 0.2) is 0 Å². The van der Waals surface area contributed by atoms with Crippen molar-refractivity contribution >= 4 is 6.09 Å². The lowest BCUT2D eigenvalue weighted by Gasteiger charge is -2.25. The van der Waals surface area contributed by atoms with E-state index in [0.29, 0.717) is 32.9 Å². The molecular weight excluding hydrogens is 218 g/mol. The molecule has 100 valence electrons. The zero-order valence-corrected chi connectivity index (χ0v) is 11.0. The Bertz CT molecular complexity index is 203. The lowest BCUT2D eigenvalue weighted by atomic mass is 10.1. The second kappa shape index (κ2) is 9.28. The summed E-state index contributed by atoms with van der Waals surface area (Å²) in [6.07, 6.45) is 7.11. The molecule has 0 saturated carbocycles. The predicted molar refractivity (Wildman–Crippen MR) is 67.1 cm³/mol. The van der Waals surface area contributed by atoms with E-state index in [1.807, 2.05) is 0 Å². The van der Waals surface area contributed by atoms with E-state index >= 15 is 0 Å². The lowest BCUT2D eigenvalue weighted by Crippen LogP contribution is -2.41. The van der Waals surface area contributed by atoms with Gasteiger partial charge in [0.05, 0.1) is 19.8 Å². The molecule has 0 unspecified atom stereocenters. The molecule has 1 saturated heterocycles. The number of morpholine rings is 1. The van der Waals surface area contributed by atoms with Crippen molar-refractivity contribution in [2.45, 2.75) is 45.4 Å². The highest BCUT2D eigenvalue weighted by Crippen LogP contribution is 2.06. The summed E-state index contributed by atoms with van der Waals surface area (Å²) in [5.41, 5.74) is 0. The third-order valence-electron chi connectivity index (χ3n) is 2.99. The SMILES string of the molecule is CCCCCCCCOC(=O)N1CCOCC1. The first kappa shape index (κ1) is 14.3. The number of rotatable bonds is 7. The van der Waals surface area contributed by atoms with Crippen LogP contribution in [-0.4, -0.2) is 43.9 Å². The van der Waals surface area contributed by atoms with Gasteiger partial charge in [-0.05, 0) is 6.42 Å². The second-order valence-electron chi connectivity index (χ2n) is 4.48. The molecule has 4 nitrogen and oxygen atoms in total. The first-order chi connectivity index (χ1) is 8.34. The maximum Gasteiger partial charge on any atom is 0.409 e. The van der Waals surface area contributed by atoms with Crippen LogP contribution in [0, 0.1) is 0 Å². The number of carbonyl (C=O) groups is 1. The summed E-state index contributed by atoms with van der Waals surface area (Å²) in [4.78, 5) is 13.3. The van der Waals surface area contributed by atoms with E-state index < -0.39 is 0 Å². The molecule has 17 heavy (non-hydrogen) atoms. The molecule has 1 heterocycles. The highest BCUT2D eigenvalue weighted by molar-refractivity contribution is 5.67. The summed E-state index contributed by atoms with van der Waals surface area (Å²) in [5.74, 6) is 0. The Kier molecular flexibility index (Phi) is 7.80. The molecule has 0 aliphatic carbocycles. The standard InChI is InChI=1S/C13H25NO3/c1-2-3-4-5-6-7-10-17-13(15)14-8-11-16-12-9-14/h2-12H2,1H3. The topological polar surface area (TPSA) is 38.8 Å². The van der Waals surface area contributed by atoms with E-state index in [4.69, 9.17) is 9.47 Å². The first-order valence-electron chi connectivity index (χ1n) is 6.84. The van der Waals surface area contributed by atoms with Crippen molar-refractivity contribution in [3.8, 4) is 0 Å². The minimum atomic E-state index is -0.179. The average molecular weight is 243 g/mol. The van der Waals surface area contributed by atoms with Crippen LogP contribution in [0.4, 0.5) is 4.79 Å². The number of amides is 1. The van der Waals surface area contributed by atoms with Crippen LogP contribution in [0.2, 0.25) is 0 Å². The zero-order chi connectivity index (χ0) is 12.3. The molecule has 0 aromatic heterocycles. The largest absolute Gasteiger partial charge is 0.449 e. The third-order valence-corrected chi connectivity index (χ3v) is 2.99. The number of hydrogen-bond donors (Lipinski definition) is 0. The van der Waals surface area contributed by atoms with Gasteiger partial charge in [0, 0.05) is 13.1 Å². The Morgan fingerprint density at radius 3 is 2.47 bits per heavy atom. The molecule has 0 aromatic rings. The highest BCUT2D eigenvalue weighted by atomic mass is 16.6. The molecule has 1 aliphatic heterocycles. The van der Waals surface area contributed by atoms with Crippen molar-refractivity contribution in [1.29, 1.82) is 0 Å². The van der Waals surface area contributed by atoms with Gasteiger partial charge in [-0.1, -0.05) is 39.0 Å². The maximum atomic E-state index is 11.6. The van der Waals surface area contributed by atoms with Gasteiger partial charge in [0.2, 0.25) is 0 Å². The maximum absolute atomic E-state index is 11.6. The van der Waals surface area contributed by atoms with Crippen molar-refractivity contribution in [3.63, 3.8) is 0 Å². The van der Waals surface area contributed by atoms with Crippen molar-refractivity contribution in [1.82, 2.24) is 4.90 Å². The van der Waals surface area contributed by atoms with E-state index in [0.717, 1.165) is 12.8 Å². The van der Waals surface area contributed by atoms with Crippen molar-refractivity contribution in [3.05, 3.63) is 0 Å². The van der Waals surface area contributed by atoms with Crippen LogP contribution in [0.25, 0.3) is 0 Å². The van der Waals surface area contributed by atoms with Crippen LogP contribution in [0.3, 0.4) is 0 Å². The van der Waals surface area contributed by atoms with Gasteiger partial charge in [0.25, 0.3) is 0 Å². The molecule has 0 spiro atoms. The number of carbonyl (C=O) groups excluding carboxylic acids is 1.